The van der Waals surface area contributed by atoms with Gasteiger partial charge in [-0.1, -0.05) is 27.7 Å². The molecule has 0 aromatic rings. The zero-order chi connectivity index (χ0) is 9.24. The summed E-state index contributed by atoms with van der Waals surface area (Å²) in [5.74, 6) is 4.59. The monoisotopic (exact) mass is 188 g/mol. The van der Waals surface area contributed by atoms with E-state index in [-0.39, 0.29) is 10.0 Å². The van der Waals surface area contributed by atoms with Crippen LogP contribution >= 0.6 is 10.0 Å². The highest BCUT2D eigenvalue weighted by Crippen LogP contribution is 2.64. The van der Waals surface area contributed by atoms with E-state index in [0.717, 1.165) is 0 Å². The molecular weight excluding hydrogens is 164 g/mol. The van der Waals surface area contributed by atoms with Gasteiger partial charge in [-0.15, -0.1) is 0 Å². The molecule has 0 nitrogen and oxygen atoms in total. The van der Waals surface area contributed by atoms with Crippen molar-refractivity contribution < 1.29 is 0 Å². The molecule has 1 rings (SSSR count). The zero-order valence-electron chi connectivity index (χ0n) is 9.15. The lowest BCUT2D eigenvalue weighted by atomic mass is 10.1. The minimum Gasteiger partial charge on any atom is -0.236 e. The third-order valence-electron chi connectivity index (χ3n) is 3.90. The van der Waals surface area contributed by atoms with E-state index in [1.165, 1.54) is 25.0 Å². The fourth-order valence-corrected chi connectivity index (χ4v) is 7.19. The van der Waals surface area contributed by atoms with Gasteiger partial charge in [0.2, 0.25) is 0 Å². The molecular formula is C11H24S. The predicted octanol–water partition coefficient (Wildman–Crippen LogP) is 3.79. The van der Waals surface area contributed by atoms with Crippen LogP contribution in [0.2, 0.25) is 0 Å². The molecule has 1 saturated heterocycles. The molecule has 0 aromatic carbocycles. The van der Waals surface area contributed by atoms with Gasteiger partial charge >= 0.3 is 0 Å². The first-order valence-electron chi connectivity index (χ1n) is 5.34. The van der Waals surface area contributed by atoms with E-state index in [1.54, 1.807) is 11.5 Å². The molecule has 0 atom stereocenters. The van der Waals surface area contributed by atoms with E-state index in [0.29, 0.717) is 4.75 Å². The Hall–Kier alpha value is 0.350. The van der Waals surface area contributed by atoms with Crippen molar-refractivity contribution in [3.8, 4) is 0 Å². The van der Waals surface area contributed by atoms with Crippen molar-refractivity contribution in [2.75, 3.05) is 17.3 Å². The third-order valence-corrected chi connectivity index (χ3v) is 9.77. The van der Waals surface area contributed by atoms with Crippen molar-refractivity contribution in [1.29, 1.82) is 0 Å². The Kier molecular flexibility index (Phi) is 3.14. The topological polar surface area (TPSA) is 0 Å². The first kappa shape index (κ1) is 10.4. The van der Waals surface area contributed by atoms with E-state index < -0.39 is 0 Å². The Morgan fingerprint density at radius 3 is 1.92 bits per heavy atom. The highest BCUT2D eigenvalue weighted by atomic mass is 32.3. The molecule has 0 bridgehead atoms. The summed E-state index contributed by atoms with van der Waals surface area (Å²) < 4.78 is 0.651. The van der Waals surface area contributed by atoms with Crippen LogP contribution in [0.3, 0.4) is 0 Å². The van der Waals surface area contributed by atoms with Crippen molar-refractivity contribution in [2.45, 2.75) is 51.7 Å². The van der Waals surface area contributed by atoms with Crippen LogP contribution in [-0.4, -0.2) is 22.0 Å². The van der Waals surface area contributed by atoms with Crippen molar-refractivity contribution in [1.82, 2.24) is 0 Å². The third kappa shape index (κ3) is 1.53. The Morgan fingerprint density at radius 2 is 1.58 bits per heavy atom. The molecule has 0 saturated carbocycles. The molecule has 1 heterocycles. The van der Waals surface area contributed by atoms with E-state index in [9.17, 15) is 0 Å². The van der Waals surface area contributed by atoms with Gasteiger partial charge < -0.3 is 0 Å². The number of hydrogen-bond donors (Lipinski definition) is 0. The second kappa shape index (κ2) is 3.61. The summed E-state index contributed by atoms with van der Waals surface area (Å²) >= 11 is 0. The molecule has 1 aliphatic rings. The van der Waals surface area contributed by atoms with E-state index >= 15 is 0 Å². The fourth-order valence-electron chi connectivity index (χ4n) is 2.40. The average molecular weight is 188 g/mol. The van der Waals surface area contributed by atoms with E-state index in [4.69, 9.17) is 0 Å². The highest BCUT2D eigenvalue weighted by Gasteiger charge is 2.39. The maximum atomic E-state index is 2.50. The SMILES string of the molecule is CCC(C)(C)S1(CC)CCCC1. The van der Waals surface area contributed by atoms with E-state index in [1.807, 2.05) is 0 Å². The van der Waals surface area contributed by atoms with Crippen LogP contribution in [0, 0.1) is 0 Å². The van der Waals surface area contributed by atoms with Crippen LogP contribution in [0.25, 0.3) is 0 Å². The van der Waals surface area contributed by atoms with Gasteiger partial charge in [-0.3, -0.25) is 0 Å². The van der Waals surface area contributed by atoms with Gasteiger partial charge in [-0.25, -0.2) is 10.0 Å². The summed E-state index contributed by atoms with van der Waals surface area (Å²) in [6.07, 6.45) is 4.38. The van der Waals surface area contributed by atoms with Crippen molar-refractivity contribution in [2.24, 2.45) is 0 Å². The summed E-state index contributed by atoms with van der Waals surface area (Å²) in [6, 6.07) is 0. The first-order valence-corrected chi connectivity index (χ1v) is 7.48. The first-order chi connectivity index (χ1) is 5.58. The molecule has 1 aliphatic heterocycles. The molecule has 0 radical (unpaired) electrons. The minimum atomic E-state index is -0.227. The van der Waals surface area contributed by atoms with Gasteiger partial charge in [0.1, 0.15) is 0 Å². The van der Waals surface area contributed by atoms with Gasteiger partial charge in [0, 0.05) is 0 Å². The second-order valence-electron chi connectivity index (χ2n) is 4.56. The highest BCUT2D eigenvalue weighted by molar-refractivity contribution is 8.34. The Bertz CT molecular complexity index is 143. The normalized spacial score (nSPS) is 25.7. The predicted molar refractivity (Wildman–Crippen MR) is 61.5 cm³/mol. The van der Waals surface area contributed by atoms with Crippen LogP contribution in [0.15, 0.2) is 0 Å². The lowest BCUT2D eigenvalue weighted by molar-refractivity contribution is 0.670. The Labute approximate surface area is 79.4 Å². The fraction of sp³-hybridized carbons (Fsp3) is 1.00. The maximum absolute atomic E-state index is 2.50. The molecule has 12 heavy (non-hydrogen) atoms. The van der Waals surface area contributed by atoms with E-state index in [2.05, 4.69) is 27.7 Å². The quantitative estimate of drug-likeness (QED) is 0.632. The summed E-state index contributed by atoms with van der Waals surface area (Å²) in [5, 5.41) is 0. The molecule has 1 heteroatoms. The summed E-state index contributed by atoms with van der Waals surface area (Å²) in [4.78, 5) is 0. The van der Waals surface area contributed by atoms with Gasteiger partial charge in [0.05, 0.1) is 0 Å². The lowest BCUT2D eigenvalue weighted by Crippen LogP contribution is -2.30. The molecule has 74 valence electrons. The van der Waals surface area contributed by atoms with Crippen LogP contribution in [0.5, 0.6) is 0 Å². The van der Waals surface area contributed by atoms with Crippen LogP contribution in [0.4, 0.5) is 0 Å². The summed E-state index contributed by atoms with van der Waals surface area (Å²) in [6.45, 7) is 9.77. The molecule has 0 amide bonds. The Morgan fingerprint density at radius 1 is 1.08 bits per heavy atom. The van der Waals surface area contributed by atoms with Gasteiger partial charge in [0.25, 0.3) is 0 Å². The Balaban J connectivity index is 2.78. The van der Waals surface area contributed by atoms with Gasteiger partial charge in [-0.2, -0.15) is 0 Å². The summed E-state index contributed by atoms with van der Waals surface area (Å²) in [7, 11) is -0.227. The average Bonchev–Trinajstić information content (AvgIpc) is 2.53. The smallest absolute Gasteiger partial charge is 0.00566 e. The van der Waals surface area contributed by atoms with Crippen LogP contribution < -0.4 is 0 Å². The molecule has 0 N–H and O–H groups in total. The number of hydrogen-bond acceptors (Lipinski definition) is 0. The molecule has 0 unspecified atom stereocenters. The van der Waals surface area contributed by atoms with Crippen molar-refractivity contribution in [3.63, 3.8) is 0 Å². The number of rotatable bonds is 3. The second-order valence-corrected chi connectivity index (χ2v) is 9.15. The maximum Gasteiger partial charge on any atom is -0.00566 e. The standard InChI is InChI=1S/C11H24S/c1-5-11(3,4)12(6-2)9-7-8-10-12/h5-10H2,1-4H3. The van der Waals surface area contributed by atoms with Crippen LogP contribution in [-0.2, 0) is 0 Å². The van der Waals surface area contributed by atoms with Gasteiger partial charge in [-0.05, 0) is 41.3 Å². The molecule has 0 aromatic heterocycles. The summed E-state index contributed by atoms with van der Waals surface area (Å²) in [5.41, 5.74) is 0. The minimum absolute atomic E-state index is 0.227. The molecule has 0 spiro atoms. The van der Waals surface area contributed by atoms with Gasteiger partial charge in [0.15, 0.2) is 0 Å². The zero-order valence-corrected chi connectivity index (χ0v) is 9.97. The van der Waals surface area contributed by atoms with Crippen LogP contribution in [0.1, 0.15) is 47.0 Å². The van der Waals surface area contributed by atoms with Crippen molar-refractivity contribution in [3.05, 3.63) is 0 Å². The van der Waals surface area contributed by atoms with Crippen molar-refractivity contribution >= 4 is 10.0 Å². The molecule has 1 fully saturated rings. The largest absolute Gasteiger partial charge is 0.236 e. The lowest BCUT2D eigenvalue weighted by Gasteiger charge is -2.49. The molecule has 0 aliphatic carbocycles.